The van der Waals surface area contributed by atoms with Gasteiger partial charge in [0.05, 0.1) is 0 Å². The Kier molecular flexibility index (Phi) is 5.36. The number of hydrogen-bond acceptors (Lipinski definition) is 4. The van der Waals surface area contributed by atoms with Crippen LogP contribution in [0.15, 0.2) is 21.6 Å². The SMILES string of the molecule is CN(C)C(C)(C)CNS(=O)(=O)c1cc(Br)cnc1Cl. The minimum Gasteiger partial charge on any atom is -0.303 e. The number of pyridine rings is 1. The molecule has 1 aromatic rings. The number of nitrogens with zero attached hydrogens (tertiary/aromatic N) is 2. The van der Waals surface area contributed by atoms with Gasteiger partial charge in [0.1, 0.15) is 10.0 Å². The van der Waals surface area contributed by atoms with Gasteiger partial charge in [-0.3, -0.25) is 0 Å². The van der Waals surface area contributed by atoms with Crippen LogP contribution in [0, 0.1) is 0 Å². The fourth-order valence-electron chi connectivity index (χ4n) is 1.10. The van der Waals surface area contributed by atoms with Crippen LogP contribution in [0.25, 0.3) is 0 Å². The maximum Gasteiger partial charge on any atom is 0.243 e. The van der Waals surface area contributed by atoms with E-state index in [1.807, 2.05) is 32.8 Å². The second-order valence-corrected chi connectivity index (χ2v) is 7.98. The number of rotatable bonds is 5. The first-order valence-corrected chi connectivity index (χ1v) is 8.20. The molecule has 1 rings (SSSR count). The van der Waals surface area contributed by atoms with Crippen molar-refractivity contribution >= 4 is 37.6 Å². The van der Waals surface area contributed by atoms with Crippen LogP contribution in [0.3, 0.4) is 0 Å². The molecule has 0 bridgehead atoms. The molecule has 0 fully saturated rings. The number of nitrogens with one attached hydrogen (secondary N) is 1. The summed E-state index contributed by atoms with van der Waals surface area (Å²) in [4.78, 5) is 5.72. The van der Waals surface area contributed by atoms with Crippen LogP contribution in [0.2, 0.25) is 5.15 Å². The molecule has 1 heterocycles. The molecule has 0 atom stereocenters. The van der Waals surface area contributed by atoms with Crippen LogP contribution in [-0.2, 0) is 10.0 Å². The Morgan fingerprint density at radius 3 is 2.58 bits per heavy atom. The van der Waals surface area contributed by atoms with Crippen molar-refractivity contribution in [3.63, 3.8) is 0 Å². The third-order valence-electron chi connectivity index (χ3n) is 2.97. The van der Waals surface area contributed by atoms with Gasteiger partial charge >= 0.3 is 0 Å². The zero-order chi connectivity index (χ0) is 14.8. The smallest absolute Gasteiger partial charge is 0.243 e. The fraction of sp³-hybridized carbons (Fsp3) is 0.545. The lowest BCUT2D eigenvalue weighted by atomic mass is 10.1. The number of halogens is 2. The van der Waals surface area contributed by atoms with Crippen molar-refractivity contribution in [3.8, 4) is 0 Å². The molecular formula is C11H17BrClN3O2S. The van der Waals surface area contributed by atoms with E-state index in [1.165, 1.54) is 12.3 Å². The molecular weight excluding hydrogens is 354 g/mol. The van der Waals surface area contributed by atoms with Gasteiger partial charge in [0.2, 0.25) is 10.0 Å². The first-order chi connectivity index (χ1) is 8.56. The highest BCUT2D eigenvalue weighted by molar-refractivity contribution is 9.10. The summed E-state index contributed by atoms with van der Waals surface area (Å²) in [6, 6.07) is 1.43. The molecule has 108 valence electrons. The van der Waals surface area contributed by atoms with E-state index in [0.717, 1.165) is 0 Å². The lowest BCUT2D eigenvalue weighted by molar-refractivity contribution is 0.199. The second kappa shape index (κ2) is 6.05. The average molecular weight is 371 g/mol. The molecule has 1 aromatic heterocycles. The highest BCUT2D eigenvalue weighted by Gasteiger charge is 2.25. The van der Waals surface area contributed by atoms with E-state index < -0.39 is 10.0 Å². The minimum absolute atomic E-state index is 0.0295. The van der Waals surface area contributed by atoms with Crippen molar-refractivity contribution in [2.75, 3.05) is 20.6 Å². The molecule has 0 saturated carbocycles. The van der Waals surface area contributed by atoms with E-state index in [0.29, 0.717) is 4.47 Å². The van der Waals surface area contributed by atoms with Crippen LogP contribution in [0.4, 0.5) is 0 Å². The van der Waals surface area contributed by atoms with Crippen molar-refractivity contribution in [1.29, 1.82) is 0 Å². The van der Waals surface area contributed by atoms with E-state index in [1.54, 1.807) is 0 Å². The van der Waals surface area contributed by atoms with Gasteiger partial charge in [-0.05, 0) is 49.9 Å². The number of aromatic nitrogens is 1. The van der Waals surface area contributed by atoms with Crippen LogP contribution in [0.1, 0.15) is 13.8 Å². The first kappa shape index (κ1) is 16.8. The molecule has 0 aliphatic rings. The third-order valence-corrected chi connectivity index (χ3v) is 5.23. The summed E-state index contributed by atoms with van der Waals surface area (Å²) < 4.78 is 27.5. The van der Waals surface area contributed by atoms with Gasteiger partial charge in [-0.1, -0.05) is 11.6 Å². The Labute approximate surface area is 127 Å². The fourth-order valence-corrected chi connectivity index (χ4v) is 3.25. The molecule has 0 unspecified atom stereocenters. The van der Waals surface area contributed by atoms with Crippen molar-refractivity contribution in [2.45, 2.75) is 24.3 Å². The van der Waals surface area contributed by atoms with E-state index >= 15 is 0 Å². The Balaban J connectivity index is 2.97. The van der Waals surface area contributed by atoms with Crippen LogP contribution < -0.4 is 4.72 Å². The minimum atomic E-state index is -3.68. The molecule has 0 saturated heterocycles. The van der Waals surface area contributed by atoms with Crippen molar-refractivity contribution < 1.29 is 8.42 Å². The Morgan fingerprint density at radius 2 is 2.05 bits per heavy atom. The largest absolute Gasteiger partial charge is 0.303 e. The first-order valence-electron chi connectivity index (χ1n) is 5.54. The van der Waals surface area contributed by atoms with Crippen molar-refractivity contribution in [1.82, 2.24) is 14.6 Å². The Bertz CT molecular complexity index is 561. The maximum absolute atomic E-state index is 12.2. The predicted octanol–water partition coefficient (Wildman–Crippen LogP) is 2.12. The molecule has 0 amide bonds. The highest BCUT2D eigenvalue weighted by atomic mass is 79.9. The van der Waals surface area contributed by atoms with Crippen molar-refractivity contribution in [2.24, 2.45) is 0 Å². The van der Waals surface area contributed by atoms with Gasteiger partial charge in [0.25, 0.3) is 0 Å². The van der Waals surface area contributed by atoms with Gasteiger partial charge in [-0.2, -0.15) is 0 Å². The zero-order valence-corrected chi connectivity index (χ0v) is 14.4. The van der Waals surface area contributed by atoms with E-state index in [2.05, 4.69) is 25.6 Å². The van der Waals surface area contributed by atoms with Gasteiger partial charge in [0.15, 0.2) is 0 Å². The second-order valence-electron chi connectivity index (χ2n) is 4.97. The van der Waals surface area contributed by atoms with E-state index in [9.17, 15) is 8.42 Å². The molecule has 0 aromatic carbocycles. The molecule has 19 heavy (non-hydrogen) atoms. The number of hydrogen-bond donors (Lipinski definition) is 1. The van der Waals surface area contributed by atoms with E-state index in [4.69, 9.17) is 11.6 Å². The Hall–Kier alpha value is -0.210. The summed E-state index contributed by atoms with van der Waals surface area (Å²) in [5.74, 6) is 0. The van der Waals surface area contributed by atoms with Crippen LogP contribution in [-0.4, -0.2) is 44.5 Å². The zero-order valence-electron chi connectivity index (χ0n) is 11.2. The summed E-state index contributed by atoms with van der Waals surface area (Å²) in [6.07, 6.45) is 1.45. The standard InChI is InChI=1S/C11H17BrClN3O2S/c1-11(2,16(3)4)7-15-19(17,18)9-5-8(12)6-14-10(9)13/h5-6,15H,7H2,1-4H3. The average Bonchev–Trinajstić information content (AvgIpc) is 2.30. The molecule has 1 N–H and O–H groups in total. The Morgan fingerprint density at radius 1 is 1.47 bits per heavy atom. The molecule has 8 heteroatoms. The van der Waals surface area contributed by atoms with Gasteiger partial charge in [-0.15, -0.1) is 0 Å². The van der Waals surface area contributed by atoms with Crippen LogP contribution >= 0.6 is 27.5 Å². The van der Waals surface area contributed by atoms with Gasteiger partial charge in [0, 0.05) is 22.8 Å². The lowest BCUT2D eigenvalue weighted by Gasteiger charge is -2.32. The molecule has 0 aliphatic carbocycles. The van der Waals surface area contributed by atoms with E-state index in [-0.39, 0.29) is 22.1 Å². The predicted molar refractivity (Wildman–Crippen MR) is 79.9 cm³/mol. The third kappa shape index (κ3) is 4.39. The molecule has 0 radical (unpaired) electrons. The maximum atomic E-state index is 12.2. The summed E-state index contributed by atoms with van der Waals surface area (Å²) in [7, 11) is 0.100. The van der Waals surface area contributed by atoms with Crippen molar-refractivity contribution in [3.05, 3.63) is 21.9 Å². The summed E-state index contributed by atoms with van der Waals surface area (Å²) in [5.41, 5.74) is -0.307. The topological polar surface area (TPSA) is 62.3 Å². The lowest BCUT2D eigenvalue weighted by Crippen LogP contribution is -2.48. The molecule has 0 spiro atoms. The summed E-state index contributed by atoms with van der Waals surface area (Å²) in [5, 5.41) is -0.0432. The molecule has 5 nitrogen and oxygen atoms in total. The summed E-state index contributed by atoms with van der Waals surface area (Å²) in [6.45, 7) is 4.15. The summed E-state index contributed by atoms with van der Waals surface area (Å²) >= 11 is 9.01. The van der Waals surface area contributed by atoms with Gasteiger partial charge < -0.3 is 4.90 Å². The molecule has 0 aliphatic heterocycles. The van der Waals surface area contributed by atoms with Gasteiger partial charge in [-0.25, -0.2) is 18.1 Å². The number of sulfonamides is 1. The number of likely N-dealkylation sites (N-methyl/N-ethyl adjacent to an activating group) is 1. The van der Waals surface area contributed by atoms with Crippen LogP contribution in [0.5, 0.6) is 0 Å². The normalized spacial score (nSPS) is 13.0. The highest BCUT2D eigenvalue weighted by Crippen LogP contribution is 2.23. The monoisotopic (exact) mass is 369 g/mol. The quantitative estimate of drug-likeness (QED) is 0.807.